The topological polar surface area (TPSA) is 81.8 Å². The molecule has 0 aliphatic carbocycles. The van der Waals surface area contributed by atoms with Gasteiger partial charge in [-0.05, 0) is 24.6 Å². The van der Waals surface area contributed by atoms with Crippen LogP contribution in [0.4, 0.5) is 5.69 Å². The van der Waals surface area contributed by atoms with E-state index in [0.717, 1.165) is 5.56 Å². The van der Waals surface area contributed by atoms with E-state index in [1.54, 1.807) is 30.3 Å². The van der Waals surface area contributed by atoms with Crippen LogP contribution >= 0.6 is 0 Å². The number of benzene rings is 3. The molecule has 1 unspecified atom stereocenters. The minimum Gasteiger partial charge on any atom is -0.351 e. The predicted octanol–water partition coefficient (Wildman–Crippen LogP) is 3.18. The first-order valence-electron chi connectivity index (χ1n) is 12.3. The standard InChI is InChI=1S/C29H32N4O3/c1-22(29(36)31-26-15-9-8-14-25(26)28(35)24-12-6-3-7-13-24)33-18-16-32(17-19-33)21-27(34)30-20-23-10-4-2-5-11-23/h2-15,22H,16-21H2,1H3,(H,30,34)(H,31,36). The van der Waals surface area contributed by atoms with Gasteiger partial charge in [-0.3, -0.25) is 24.2 Å². The minimum absolute atomic E-state index is 0.00205. The van der Waals surface area contributed by atoms with Gasteiger partial charge in [0.15, 0.2) is 5.78 Å². The lowest BCUT2D eigenvalue weighted by Crippen LogP contribution is -2.54. The average molecular weight is 485 g/mol. The van der Waals surface area contributed by atoms with Crippen molar-refractivity contribution in [2.24, 2.45) is 0 Å². The van der Waals surface area contributed by atoms with Gasteiger partial charge >= 0.3 is 0 Å². The van der Waals surface area contributed by atoms with Gasteiger partial charge in [0.2, 0.25) is 11.8 Å². The van der Waals surface area contributed by atoms with Crippen LogP contribution in [0.1, 0.15) is 28.4 Å². The molecule has 7 heteroatoms. The van der Waals surface area contributed by atoms with Crippen LogP contribution in [0.25, 0.3) is 0 Å². The van der Waals surface area contributed by atoms with Crippen LogP contribution in [-0.2, 0) is 16.1 Å². The van der Waals surface area contributed by atoms with Crippen molar-refractivity contribution in [1.82, 2.24) is 15.1 Å². The third-order valence-electron chi connectivity index (χ3n) is 6.50. The van der Waals surface area contributed by atoms with Crippen molar-refractivity contribution in [2.45, 2.75) is 19.5 Å². The Labute approximate surface area is 212 Å². The molecule has 1 aliphatic heterocycles. The van der Waals surface area contributed by atoms with E-state index in [9.17, 15) is 14.4 Å². The zero-order chi connectivity index (χ0) is 25.3. The molecule has 1 atom stereocenters. The van der Waals surface area contributed by atoms with Crippen LogP contribution < -0.4 is 10.6 Å². The smallest absolute Gasteiger partial charge is 0.241 e. The van der Waals surface area contributed by atoms with Crippen molar-refractivity contribution in [3.63, 3.8) is 0 Å². The molecule has 1 aliphatic rings. The van der Waals surface area contributed by atoms with E-state index >= 15 is 0 Å². The van der Waals surface area contributed by atoms with Gasteiger partial charge in [-0.25, -0.2) is 0 Å². The van der Waals surface area contributed by atoms with Crippen molar-refractivity contribution >= 4 is 23.3 Å². The number of hydrogen-bond acceptors (Lipinski definition) is 5. The van der Waals surface area contributed by atoms with Gasteiger partial charge < -0.3 is 10.6 Å². The second kappa shape index (κ2) is 12.2. The molecule has 0 aromatic heterocycles. The summed E-state index contributed by atoms with van der Waals surface area (Å²) in [7, 11) is 0. The van der Waals surface area contributed by atoms with Gasteiger partial charge in [-0.15, -0.1) is 0 Å². The number of carbonyl (C=O) groups is 3. The maximum absolute atomic E-state index is 13.1. The molecule has 186 valence electrons. The highest BCUT2D eigenvalue weighted by molar-refractivity contribution is 6.14. The van der Waals surface area contributed by atoms with Crippen molar-refractivity contribution in [3.05, 3.63) is 102 Å². The first-order valence-corrected chi connectivity index (χ1v) is 12.3. The third-order valence-corrected chi connectivity index (χ3v) is 6.50. The van der Waals surface area contributed by atoms with Crippen LogP contribution in [0.2, 0.25) is 0 Å². The summed E-state index contributed by atoms with van der Waals surface area (Å²) < 4.78 is 0. The summed E-state index contributed by atoms with van der Waals surface area (Å²) in [6, 6.07) is 25.6. The van der Waals surface area contributed by atoms with Gasteiger partial charge in [-0.1, -0.05) is 72.8 Å². The van der Waals surface area contributed by atoms with Crippen molar-refractivity contribution in [3.8, 4) is 0 Å². The molecule has 1 fully saturated rings. The normalized spacial score (nSPS) is 15.1. The summed E-state index contributed by atoms with van der Waals surface area (Å²) in [5, 5.41) is 5.92. The number of amides is 2. The molecule has 0 bridgehead atoms. The minimum atomic E-state index is -0.362. The van der Waals surface area contributed by atoms with Gasteiger partial charge in [0, 0.05) is 43.9 Å². The molecule has 4 rings (SSSR count). The number of carbonyl (C=O) groups excluding carboxylic acids is 3. The Hall–Kier alpha value is -3.81. The predicted molar refractivity (Wildman–Crippen MR) is 141 cm³/mol. The van der Waals surface area contributed by atoms with Crippen molar-refractivity contribution in [2.75, 3.05) is 38.0 Å². The highest BCUT2D eigenvalue weighted by atomic mass is 16.2. The lowest BCUT2D eigenvalue weighted by Gasteiger charge is -2.37. The molecular formula is C29H32N4O3. The zero-order valence-corrected chi connectivity index (χ0v) is 20.5. The summed E-state index contributed by atoms with van der Waals surface area (Å²) in [5.74, 6) is -0.284. The highest BCUT2D eigenvalue weighted by Gasteiger charge is 2.27. The maximum atomic E-state index is 13.1. The molecule has 1 heterocycles. The third kappa shape index (κ3) is 6.65. The Morgan fingerprint density at radius 2 is 1.42 bits per heavy atom. The summed E-state index contributed by atoms with van der Waals surface area (Å²) in [6.07, 6.45) is 0. The van der Waals surface area contributed by atoms with E-state index in [1.165, 1.54) is 0 Å². The van der Waals surface area contributed by atoms with Crippen LogP contribution in [0.5, 0.6) is 0 Å². The molecule has 3 aromatic rings. The number of anilines is 1. The molecule has 0 radical (unpaired) electrons. The quantitative estimate of drug-likeness (QED) is 0.456. The molecule has 3 aromatic carbocycles. The average Bonchev–Trinajstić information content (AvgIpc) is 2.93. The highest BCUT2D eigenvalue weighted by Crippen LogP contribution is 2.20. The fraction of sp³-hybridized carbons (Fsp3) is 0.276. The number of ketones is 1. The Morgan fingerprint density at radius 1 is 0.806 bits per heavy atom. The first kappa shape index (κ1) is 25.3. The van der Waals surface area contributed by atoms with E-state index in [1.807, 2.05) is 61.5 Å². The fourth-order valence-corrected chi connectivity index (χ4v) is 4.30. The van der Waals surface area contributed by atoms with E-state index in [-0.39, 0.29) is 23.6 Å². The SMILES string of the molecule is CC(C(=O)Nc1ccccc1C(=O)c1ccccc1)N1CCN(CC(=O)NCc2ccccc2)CC1. The molecule has 7 nitrogen and oxygen atoms in total. The number of hydrogen-bond donors (Lipinski definition) is 2. The van der Waals surface area contributed by atoms with Gasteiger partial charge in [0.05, 0.1) is 18.3 Å². The van der Waals surface area contributed by atoms with Crippen molar-refractivity contribution in [1.29, 1.82) is 0 Å². The molecule has 0 saturated carbocycles. The van der Waals surface area contributed by atoms with Crippen LogP contribution in [-0.4, -0.2) is 66.2 Å². The summed E-state index contributed by atoms with van der Waals surface area (Å²) in [5.41, 5.74) is 2.63. The van der Waals surface area contributed by atoms with Crippen LogP contribution in [0.3, 0.4) is 0 Å². The summed E-state index contributed by atoms with van der Waals surface area (Å²) in [4.78, 5) is 42.6. The van der Waals surface area contributed by atoms with Crippen molar-refractivity contribution < 1.29 is 14.4 Å². The first-order chi connectivity index (χ1) is 17.5. The van der Waals surface area contributed by atoms with E-state index in [2.05, 4.69) is 20.4 Å². The Morgan fingerprint density at radius 3 is 2.11 bits per heavy atom. The number of nitrogens with one attached hydrogen (secondary N) is 2. The van der Waals surface area contributed by atoms with Gasteiger partial charge in [-0.2, -0.15) is 0 Å². The number of piperazine rings is 1. The summed E-state index contributed by atoms with van der Waals surface area (Å²) in [6.45, 7) is 5.52. The largest absolute Gasteiger partial charge is 0.351 e. The monoisotopic (exact) mass is 484 g/mol. The second-order valence-corrected chi connectivity index (χ2v) is 8.98. The van der Waals surface area contributed by atoms with Gasteiger partial charge in [0.1, 0.15) is 0 Å². The lowest BCUT2D eigenvalue weighted by atomic mass is 10.0. The molecule has 2 amide bonds. The molecular weight excluding hydrogens is 452 g/mol. The molecule has 0 spiro atoms. The molecule has 1 saturated heterocycles. The Bertz CT molecular complexity index is 1180. The number of rotatable bonds is 9. The van der Waals surface area contributed by atoms with E-state index < -0.39 is 0 Å². The van der Waals surface area contributed by atoms with Crippen LogP contribution in [0, 0.1) is 0 Å². The Kier molecular flexibility index (Phi) is 8.60. The Balaban J connectivity index is 1.27. The maximum Gasteiger partial charge on any atom is 0.241 e. The van der Waals surface area contributed by atoms with E-state index in [4.69, 9.17) is 0 Å². The molecule has 2 N–H and O–H groups in total. The number of nitrogens with zero attached hydrogens (tertiary/aromatic N) is 2. The molecule has 36 heavy (non-hydrogen) atoms. The summed E-state index contributed by atoms with van der Waals surface area (Å²) >= 11 is 0. The van der Waals surface area contributed by atoms with E-state index in [0.29, 0.717) is 56.1 Å². The number of para-hydroxylation sites is 1. The van der Waals surface area contributed by atoms with Crippen LogP contribution in [0.15, 0.2) is 84.9 Å². The fourth-order valence-electron chi connectivity index (χ4n) is 4.30. The zero-order valence-electron chi connectivity index (χ0n) is 20.5. The second-order valence-electron chi connectivity index (χ2n) is 8.98. The van der Waals surface area contributed by atoms with Gasteiger partial charge in [0.25, 0.3) is 0 Å². The lowest BCUT2D eigenvalue weighted by molar-refractivity contribution is -0.124.